The first kappa shape index (κ1) is 32.4. The summed E-state index contributed by atoms with van der Waals surface area (Å²) in [7, 11) is 0. The summed E-state index contributed by atoms with van der Waals surface area (Å²) in [6.45, 7) is 18.6. The molecule has 7 nitrogen and oxygen atoms in total. The lowest BCUT2D eigenvalue weighted by atomic mass is 9.90. The first-order valence-electron chi connectivity index (χ1n) is 13.8. The highest BCUT2D eigenvalue weighted by atomic mass is 16.6. The van der Waals surface area contributed by atoms with E-state index in [-0.39, 0.29) is 5.92 Å². The molecule has 0 fully saturated rings. The van der Waals surface area contributed by atoms with Crippen LogP contribution in [0.4, 0.5) is 10.5 Å². The Morgan fingerprint density at radius 2 is 1.55 bits per heavy atom. The number of rotatable bonds is 8. The molecule has 3 unspecified atom stereocenters. The summed E-state index contributed by atoms with van der Waals surface area (Å²) in [5.41, 5.74) is 1.94. The molecule has 3 atom stereocenters. The van der Waals surface area contributed by atoms with Gasteiger partial charge >= 0.3 is 6.09 Å². The summed E-state index contributed by atoms with van der Waals surface area (Å²) >= 11 is 0. The molecule has 0 aliphatic heterocycles. The van der Waals surface area contributed by atoms with Crippen molar-refractivity contribution >= 4 is 23.6 Å². The van der Waals surface area contributed by atoms with E-state index in [1.165, 1.54) is 0 Å². The lowest BCUT2D eigenvalue weighted by Crippen LogP contribution is -2.59. The van der Waals surface area contributed by atoms with E-state index < -0.39 is 41.1 Å². The van der Waals surface area contributed by atoms with Crippen molar-refractivity contribution in [3.05, 3.63) is 64.7 Å². The molecule has 2 rings (SSSR count). The van der Waals surface area contributed by atoms with E-state index in [1.54, 1.807) is 49.9 Å². The van der Waals surface area contributed by atoms with Gasteiger partial charge in [0, 0.05) is 16.8 Å². The lowest BCUT2D eigenvalue weighted by Gasteiger charge is -2.44. The Labute approximate surface area is 240 Å². The molecule has 2 aromatic rings. The number of alkyl carbamates (subject to hydrolysis) is 1. The van der Waals surface area contributed by atoms with Crippen molar-refractivity contribution in [2.45, 2.75) is 98.9 Å². The third-order valence-corrected chi connectivity index (χ3v) is 6.76. The second-order valence-electron chi connectivity index (χ2n) is 12.3. The van der Waals surface area contributed by atoms with E-state index in [4.69, 9.17) is 11.2 Å². The van der Waals surface area contributed by atoms with Crippen LogP contribution in [0.25, 0.3) is 0 Å². The van der Waals surface area contributed by atoms with Crippen LogP contribution in [-0.4, -0.2) is 40.0 Å². The van der Waals surface area contributed by atoms with Crippen LogP contribution in [0.15, 0.2) is 42.5 Å². The Bertz CT molecular complexity index is 1240. The number of nitrogens with zero attached hydrogens (tertiary/aromatic N) is 1. The zero-order valence-electron chi connectivity index (χ0n) is 25.6. The fourth-order valence-electron chi connectivity index (χ4n) is 4.58. The molecule has 0 saturated carbocycles. The number of para-hydroxylation sites is 1. The third-order valence-electron chi connectivity index (χ3n) is 6.76. The molecule has 0 aromatic heterocycles. The van der Waals surface area contributed by atoms with Crippen LogP contribution in [0.3, 0.4) is 0 Å². The molecule has 7 heteroatoms. The SMILES string of the molecule is C#Cc1ccccc1C(C(=O)Nc1c(C)cccc1C)N(C(=O)C(NC(=O)OC(C)(C)C)C(C)CC)C(C)(C)C. The van der Waals surface area contributed by atoms with E-state index in [9.17, 15) is 14.4 Å². The topological polar surface area (TPSA) is 87.7 Å². The largest absolute Gasteiger partial charge is 0.444 e. The van der Waals surface area contributed by atoms with Gasteiger partial charge in [-0.2, -0.15) is 0 Å². The van der Waals surface area contributed by atoms with Crippen LogP contribution < -0.4 is 10.6 Å². The van der Waals surface area contributed by atoms with E-state index >= 15 is 0 Å². The number of carbonyl (C=O) groups is 3. The number of nitrogens with one attached hydrogen (secondary N) is 2. The minimum atomic E-state index is -1.08. The molecular formula is C33H45N3O4. The normalized spacial score (nSPS) is 13.8. The fourth-order valence-corrected chi connectivity index (χ4v) is 4.58. The Morgan fingerprint density at radius 3 is 2.05 bits per heavy atom. The Kier molecular flexibility index (Phi) is 10.6. The Balaban J connectivity index is 2.72. The van der Waals surface area contributed by atoms with Crippen LogP contribution in [-0.2, 0) is 14.3 Å². The van der Waals surface area contributed by atoms with Crippen LogP contribution >= 0.6 is 0 Å². The van der Waals surface area contributed by atoms with Gasteiger partial charge in [0.25, 0.3) is 5.91 Å². The van der Waals surface area contributed by atoms with Crippen LogP contribution in [0.2, 0.25) is 0 Å². The molecule has 0 aliphatic carbocycles. The van der Waals surface area contributed by atoms with Gasteiger partial charge in [-0.05, 0) is 84.1 Å². The van der Waals surface area contributed by atoms with E-state index in [2.05, 4.69) is 16.6 Å². The molecule has 0 saturated heterocycles. The quantitative estimate of drug-likeness (QED) is 0.368. The van der Waals surface area contributed by atoms with Crippen molar-refractivity contribution in [3.8, 4) is 12.3 Å². The number of benzene rings is 2. The van der Waals surface area contributed by atoms with Gasteiger partial charge in [-0.1, -0.05) is 62.6 Å². The summed E-state index contributed by atoms with van der Waals surface area (Å²) in [6.07, 6.45) is 5.79. The summed E-state index contributed by atoms with van der Waals surface area (Å²) in [5.74, 6) is 1.63. The molecule has 40 heavy (non-hydrogen) atoms. The van der Waals surface area contributed by atoms with E-state index in [0.29, 0.717) is 23.2 Å². The Hall–Kier alpha value is -3.79. The van der Waals surface area contributed by atoms with Crippen molar-refractivity contribution in [1.29, 1.82) is 0 Å². The number of carbonyl (C=O) groups excluding carboxylic acids is 3. The summed E-state index contributed by atoms with van der Waals surface area (Å²) in [6, 6.07) is 10.9. The van der Waals surface area contributed by atoms with Crippen LogP contribution in [0, 0.1) is 32.1 Å². The standard InChI is InChI=1S/C33H45N3O4/c1-12-21(3)27(35-31(39)40-33(9,10)11)30(38)36(32(6,7)8)28(25-20-15-14-19-24(25)13-2)29(37)34-26-22(4)17-16-18-23(26)5/h2,14-21,27-28H,12H2,1,3-11H3,(H,34,37)(H,35,39). The second-order valence-corrected chi connectivity index (χ2v) is 12.3. The number of terminal acetylenes is 1. The highest BCUT2D eigenvalue weighted by Crippen LogP contribution is 2.34. The number of aryl methyl sites for hydroxylation is 2. The Morgan fingerprint density at radius 1 is 0.975 bits per heavy atom. The molecule has 0 bridgehead atoms. The summed E-state index contributed by atoms with van der Waals surface area (Å²) in [5, 5.41) is 5.87. The maximum Gasteiger partial charge on any atom is 0.408 e. The molecular weight excluding hydrogens is 502 g/mol. The van der Waals surface area contributed by atoms with Gasteiger partial charge in [-0.15, -0.1) is 6.42 Å². The van der Waals surface area contributed by atoms with Crippen molar-refractivity contribution in [2.75, 3.05) is 5.32 Å². The number of ether oxygens (including phenoxy) is 1. The van der Waals surface area contributed by atoms with E-state index in [1.807, 2.05) is 66.7 Å². The average molecular weight is 548 g/mol. The van der Waals surface area contributed by atoms with Gasteiger partial charge in [0.05, 0.1) is 0 Å². The first-order valence-corrected chi connectivity index (χ1v) is 13.8. The molecule has 0 heterocycles. The maximum absolute atomic E-state index is 14.5. The van der Waals surface area contributed by atoms with Crippen molar-refractivity contribution in [1.82, 2.24) is 10.2 Å². The van der Waals surface area contributed by atoms with Gasteiger partial charge in [0.15, 0.2) is 0 Å². The average Bonchev–Trinajstić information content (AvgIpc) is 2.85. The summed E-state index contributed by atoms with van der Waals surface area (Å²) < 4.78 is 5.49. The smallest absolute Gasteiger partial charge is 0.408 e. The molecule has 2 aromatic carbocycles. The van der Waals surface area contributed by atoms with Gasteiger partial charge in [-0.3, -0.25) is 9.59 Å². The minimum Gasteiger partial charge on any atom is -0.444 e. The van der Waals surface area contributed by atoms with Crippen molar-refractivity contribution < 1.29 is 19.1 Å². The first-order chi connectivity index (χ1) is 18.5. The highest BCUT2D eigenvalue weighted by molar-refractivity contribution is 6.00. The predicted octanol–water partition coefficient (Wildman–Crippen LogP) is 6.53. The molecule has 216 valence electrons. The number of amides is 3. The van der Waals surface area contributed by atoms with Gasteiger partial charge in [-0.25, -0.2) is 4.79 Å². The zero-order valence-corrected chi connectivity index (χ0v) is 25.6. The maximum atomic E-state index is 14.5. The second kappa shape index (κ2) is 13.0. The molecule has 0 aliphatic rings. The molecule has 2 N–H and O–H groups in total. The predicted molar refractivity (Wildman–Crippen MR) is 161 cm³/mol. The minimum absolute atomic E-state index is 0.241. The van der Waals surface area contributed by atoms with Crippen molar-refractivity contribution in [3.63, 3.8) is 0 Å². The number of anilines is 1. The zero-order chi connectivity index (χ0) is 30.4. The van der Waals surface area contributed by atoms with Crippen LogP contribution in [0.5, 0.6) is 0 Å². The molecule has 0 spiro atoms. The lowest BCUT2D eigenvalue weighted by molar-refractivity contribution is -0.147. The van der Waals surface area contributed by atoms with Gasteiger partial charge in [0.1, 0.15) is 17.7 Å². The number of hydrogen-bond acceptors (Lipinski definition) is 4. The molecule has 3 amide bonds. The van der Waals surface area contributed by atoms with Gasteiger partial charge < -0.3 is 20.3 Å². The van der Waals surface area contributed by atoms with Crippen molar-refractivity contribution in [2.24, 2.45) is 5.92 Å². The fraction of sp³-hybridized carbons (Fsp3) is 0.485. The molecule has 0 radical (unpaired) electrons. The third kappa shape index (κ3) is 8.11. The van der Waals surface area contributed by atoms with Gasteiger partial charge in [0.2, 0.25) is 5.91 Å². The van der Waals surface area contributed by atoms with E-state index in [0.717, 1.165) is 11.1 Å². The highest BCUT2D eigenvalue weighted by Gasteiger charge is 2.43. The monoisotopic (exact) mass is 547 g/mol. The number of hydrogen-bond donors (Lipinski definition) is 2. The van der Waals surface area contributed by atoms with Crippen LogP contribution in [0.1, 0.15) is 90.1 Å². The summed E-state index contributed by atoms with van der Waals surface area (Å²) in [4.78, 5) is 43.2.